The van der Waals surface area contributed by atoms with E-state index in [1.165, 1.54) is 22.7 Å². The fraction of sp³-hybridized carbons (Fsp3) is 0.111. The highest BCUT2D eigenvalue weighted by atomic mass is 35.5. The minimum Gasteiger partial charge on any atom is -0.291 e. The minimum atomic E-state index is -0.151. The maximum absolute atomic E-state index is 11.3. The summed E-state index contributed by atoms with van der Waals surface area (Å²) in [6.07, 6.45) is 0. The standard InChI is InChI=1S/C9H5Cl2NOS2/c10-3-6(13)5-4-14-9(12-5)7-1-2-8(11)15-7/h1-2,4H,3H2. The van der Waals surface area contributed by atoms with Crippen LogP contribution in [0, 0.1) is 0 Å². The van der Waals surface area contributed by atoms with Crippen molar-refractivity contribution in [3.63, 3.8) is 0 Å². The van der Waals surface area contributed by atoms with Gasteiger partial charge in [-0.05, 0) is 12.1 Å². The second kappa shape index (κ2) is 4.61. The molecule has 0 amide bonds. The minimum absolute atomic E-state index is 0.0334. The smallest absolute Gasteiger partial charge is 0.196 e. The van der Waals surface area contributed by atoms with Gasteiger partial charge in [0.15, 0.2) is 5.78 Å². The van der Waals surface area contributed by atoms with Crippen LogP contribution in [0.3, 0.4) is 0 Å². The first kappa shape index (κ1) is 11.1. The zero-order valence-electron chi connectivity index (χ0n) is 7.37. The number of aromatic nitrogens is 1. The topological polar surface area (TPSA) is 30.0 Å². The van der Waals surface area contributed by atoms with E-state index < -0.39 is 0 Å². The van der Waals surface area contributed by atoms with Crippen molar-refractivity contribution in [1.29, 1.82) is 0 Å². The largest absolute Gasteiger partial charge is 0.291 e. The number of ketones is 1. The fourth-order valence-corrected chi connectivity index (χ4v) is 3.09. The Morgan fingerprint density at radius 3 is 2.87 bits per heavy atom. The number of hydrogen-bond donors (Lipinski definition) is 0. The Hall–Kier alpha value is -0.420. The Bertz CT molecular complexity index is 492. The summed E-state index contributed by atoms with van der Waals surface area (Å²) in [7, 11) is 0. The molecule has 0 aromatic carbocycles. The molecule has 6 heteroatoms. The molecule has 2 rings (SSSR count). The fourth-order valence-electron chi connectivity index (χ4n) is 1.01. The number of Topliss-reactive ketones (excluding diaryl/α,β-unsaturated/α-hetero) is 1. The predicted molar refractivity (Wildman–Crippen MR) is 65.5 cm³/mol. The average Bonchev–Trinajstić information content (AvgIpc) is 2.84. The van der Waals surface area contributed by atoms with Crippen molar-refractivity contribution in [3.8, 4) is 9.88 Å². The molecular weight excluding hydrogens is 273 g/mol. The zero-order chi connectivity index (χ0) is 10.8. The zero-order valence-corrected chi connectivity index (χ0v) is 10.5. The van der Waals surface area contributed by atoms with E-state index in [1.807, 2.05) is 12.1 Å². The summed E-state index contributed by atoms with van der Waals surface area (Å²) in [6, 6.07) is 3.70. The van der Waals surface area contributed by atoms with Gasteiger partial charge in [-0.2, -0.15) is 0 Å². The number of nitrogens with zero attached hydrogens (tertiary/aromatic N) is 1. The molecule has 0 aliphatic carbocycles. The quantitative estimate of drug-likeness (QED) is 0.628. The summed E-state index contributed by atoms with van der Waals surface area (Å²) in [5, 5.41) is 2.52. The van der Waals surface area contributed by atoms with E-state index in [0.717, 1.165) is 9.88 Å². The number of hydrogen-bond acceptors (Lipinski definition) is 4. The van der Waals surface area contributed by atoms with Crippen LogP contribution in [0.2, 0.25) is 4.34 Å². The third-order valence-electron chi connectivity index (χ3n) is 1.70. The molecule has 2 aromatic rings. The van der Waals surface area contributed by atoms with E-state index >= 15 is 0 Å². The van der Waals surface area contributed by atoms with Crippen molar-refractivity contribution < 1.29 is 4.79 Å². The van der Waals surface area contributed by atoms with Crippen molar-refractivity contribution in [2.24, 2.45) is 0 Å². The van der Waals surface area contributed by atoms with Crippen molar-refractivity contribution in [1.82, 2.24) is 4.98 Å². The van der Waals surface area contributed by atoms with Crippen LogP contribution in [0.25, 0.3) is 9.88 Å². The first-order valence-electron chi connectivity index (χ1n) is 4.01. The molecule has 0 fully saturated rings. The van der Waals surface area contributed by atoms with Gasteiger partial charge in [-0.15, -0.1) is 34.3 Å². The summed E-state index contributed by atoms with van der Waals surface area (Å²) >= 11 is 14.1. The van der Waals surface area contributed by atoms with E-state index in [2.05, 4.69) is 4.98 Å². The third-order valence-corrected chi connectivity index (χ3v) is 4.18. The lowest BCUT2D eigenvalue weighted by Crippen LogP contribution is -1.99. The molecule has 0 radical (unpaired) electrons. The number of alkyl halides is 1. The molecule has 0 N–H and O–H groups in total. The van der Waals surface area contributed by atoms with Crippen molar-refractivity contribution in [2.45, 2.75) is 0 Å². The molecule has 0 saturated carbocycles. The lowest BCUT2D eigenvalue weighted by molar-refractivity contribution is 0.101. The highest BCUT2D eigenvalue weighted by Gasteiger charge is 2.11. The monoisotopic (exact) mass is 277 g/mol. The lowest BCUT2D eigenvalue weighted by Gasteiger charge is -1.88. The molecule has 0 unspecified atom stereocenters. The van der Waals surface area contributed by atoms with E-state index in [-0.39, 0.29) is 11.7 Å². The van der Waals surface area contributed by atoms with E-state index in [1.54, 1.807) is 5.38 Å². The molecule has 0 aliphatic heterocycles. The van der Waals surface area contributed by atoms with Crippen LogP contribution in [-0.4, -0.2) is 16.6 Å². The van der Waals surface area contributed by atoms with E-state index in [0.29, 0.717) is 10.0 Å². The molecule has 0 spiro atoms. The van der Waals surface area contributed by atoms with Crippen molar-refractivity contribution in [3.05, 3.63) is 27.5 Å². The molecule has 2 nitrogen and oxygen atoms in total. The van der Waals surface area contributed by atoms with Crippen LogP contribution in [0.4, 0.5) is 0 Å². The highest BCUT2D eigenvalue weighted by Crippen LogP contribution is 2.32. The van der Waals surface area contributed by atoms with Gasteiger partial charge in [0.05, 0.1) is 15.1 Å². The van der Waals surface area contributed by atoms with Crippen LogP contribution in [-0.2, 0) is 0 Å². The molecule has 2 aromatic heterocycles. The van der Waals surface area contributed by atoms with Gasteiger partial charge in [0, 0.05) is 5.38 Å². The molecule has 0 aliphatic rings. The maximum Gasteiger partial charge on any atom is 0.196 e. The number of thiophene rings is 1. The number of halogens is 2. The Kier molecular flexibility index (Phi) is 3.41. The first-order chi connectivity index (χ1) is 7.20. The predicted octanol–water partition coefficient (Wildman–Crippen LogP) is 3.95. The SMILES string of the molecule is O=C(CCl)c1csc(-c2ccc(Cl)s2)n1. The Balaban J connectivity index is 2.31. The summed E-state index contributed by atoms with van der Waals surface area (Å²) < 4.78 is 0.713. The highest BCUT2D eigenvalue weighted by molar-refractivity contribution is 7.23. The Morgan fingerprint density at radius 2 is 2.27 bits per heavy atom. The number of carbonyl (C=O) groups is 1. The van der Waals surface area contributed by atoms with Gasteiger partial charge in [-0.1, -0.05) is 11.6 Å². The summed E-state index contributed by atoms with van der Waals surface area (Å²) in [6.45, 7) is 0. The normalized spacial score (nSPS) is 10.5. The van der Waals surface area contributed by atoms with Gasteiger partial charge >= 0.3 is 0 Å². The molecule has 0 bridgehead atoms. The van der Waals surface area contributed by atoms with Crippen molar-refractivity contribution in [2.75, 3.05) is 5.88 Å². The average molecular weight is 278 g/mol. The van der Waals surface area contributed by atoms with Gasteiger partial charge < -0.3 is 0 Å². The van der Waals surface area contributed by atoms with Crippen LogP contribution in [0.5, 0.6) is 0 Å². The number of rotatable bonds is 3. The van der Waals surface area contributed by atoms with E-state index in [4.69, 9.17) is 23.2 Å². The molecule has 2 heterocycles. The lowest BCUT2D eigenvalue weighted by atomic mass is 10.3. The second-order valence-electron chi connectivity index (χ2n) is 2.70. The van der Waals surface area contributed by atoms with Gasteiger partial charge in [0.25, 0.3) is 0 Å². The first-order valence-corrected chi connectivity index (χ1v) is 6.62. The van der Waals surface area contributed by atoms with E-state index in [9.17, 15) is 4.79 Å². The number of thiazole rings is 1. The Labute approximate surface area is 104 Å². The van der Waals surface area contributed by atoms with Crippen molar-refractivity contribution >= 4 is 51.7 Å². The Morgan fingerprint density at radius 1 is 1.47 bits per heavy atom. The van der Waals surface area contributed by atoms with Crippen LogP contribution in [0.15, 0.2) is 17.5 Å². The number of carbonyl (C=O) groups excluding carboxylic acids is 1. The van der Waals surface area contributed by atoms with Gasteiger partial charge in [0.2, 0.25) is 0 Å². The summed E-state index contributed by atoms with van der Waals surface area (Å²) in [5.74, 6) is -0.184. The molecular formula is C9H5Cl2NOS2. The summed E-state index contributed by atoms with van der Waals surface area (Å²) in [5.41, 5.74) is 0.425. The third kappa shape index (κ3) is 2.39. The molecule has 0 atom stereocenters. The molecule has 78 valence electrons. The van der Waals surface area contributed by atoms with Crippen LogP contribution < -0.4 is 0 Å². The maximum atomic E-state index is 11.3. The van der Waals surface area contributed by atoms with Gasteiger partial charge in [-0.25, -0.2) is 4.98 Å². The van der Waals surface area contributed by atoms with Gasteiger partial charge in [-0.3, -0.25) is 4.79 Å². The summed E-state index contributed by atoms with van der Waals surface area (Å²) in [4.78, 5) is 16.4. The molecule has 15 heavy (non-hydrogen) atoms. The van der Waals surface area contributed by atoms with Gasteiger partial charge in [0.1, 0.15) is 10.7 Å². The van der Waals surface area contributed by atoms with Crippen LogP contribution >= 0.6 is 45.9 Å². The molecule has 0 saturated heterocycles. The second-order valence-corrected chi connectivity index (χ2v) is 5.54. The van der Waals surface area contributed by atoms with Crippen LogP contribution in [0.1, 0.15) is 10.5 Å².